The molecule has 124 valence electrons. The quantitative estimate of drug-likeness (QED) is 0.832. The van der Waals surface area contributed by atoms with Gasteiger partial charge in [0.25, 0.3) is 0 Å². The second-order valence-corrected chi connectivity index (χ2v) is 6.63. The molecule has 0 unspecified atom stereocenters. The summed E-state index contributed by atoms with van der Waals surface area (Å²) in [7, 11) is 5.72. The van der Waals surface area contributed by atoms with Crippen molar-refractivity contribution in [1.82, 2.24) is 9.88 Å². The number of piperidine rings is 1. The molecule has 1 N–H and O–H groups in total. The smallest absolute Gasteiger partial charge is 0.127 e. The van der Waals surface area contributed by atoms with Gasteiger partial charge in [-0.05, 0) is 37.4 Å². The fraction of sp³-hybridized carbons (Fsp3) is 0.706. The number of aliphatic hydroxyl groups excluding tert-OH is 1. The van der Waals surface area contributed by atoms with Crippen molar-refractivity contribution in [1.29, 1.82) is 0 Å². The van der Waals surface area contributed by atoms with Crippen LogP contribution in [0.4, 0.5) is 5.82 Å². The highest BCUT2D eigenvalue weighted by molar-refractivity contribution is 5.37. The molecule has 0 bridgehead atoms. The molecule has 5 heteroatoms. The summed E-state index contributed by atoms with van der Waals surface area (Å²) in [5, 5.41) is 9.85. The van der Waals surface area contributed by atoms with Crippen LogP contribution >= 0.6 is 0 Å². The van der Waals surface area contributed by atoms with Crippen molar-refractivity contribution in [2.24, 2.45) is 5.41 Å². The third kappa shape index (κ3) is 4.41. The minimum atomic E-state index is -0.00867. The number of pyridine rings is 1. The highest BCUT2D eigenvalue weighted by atomic mass is 16.5. The van der Waals surface area contributed by atoms with Crippen molar-refractivity contribution in [2.75, 3.05) is 52.4 Å². The summed E-state index contributed by atoms with van der Waals surface area (Å²) < 4.78 is 5.22. The molecule has 1 fully saturated rings. The third-order valence-electron chi connectivity index (χ3n) is 4.59. The lowest BCUT2D eigenvalue weighted by molar-refractivity contribution is 0.00473. The average Bonchev–Trinajstić information content (AvgIpc) is 2.54. The summed E-state index contributed by atoms with van der Waals surface area (Å²) in [6, 6.07) is 4.20. The standard InChI is InChI=1S/C17H29N3O2/c1-19(2)16-6-5-15(11-18-16)12-20-9-4-7-17(13-20,14-21)8-10-22-3/h5-6,11,21H,4,7-10,12-14H2,1-3H3/t17-/m0/s1. The molecule has 0 amide bonds. The molecule has 2 rings (SSSR count). The first-order valence-corrected chi connectivity index (χ1v) is 8.03. The maximum absolute atomic E-state index is 9.85. The first kappa shape index (κ1) is 17.2. The number of aromatic nitrogens is 1. The van der Waals surface area contributed by atoms with E-state index in [9.17, 15) is 5.11 Å². The molecule has 1 aromatic heterocycles. The molecule has 0 aliphatic carbocycles. The maximum Gasteiger partial charge on any atom is 0.127 e. The third-order valence-corrected chi connectivity index (χ3v) is 4.59. The van der Waals surface area contributed by atoms with Crippen molar-refractivity contribution >= 4 is 5.82 Å². The Morgan fingerprint density at radius 1 is 1.41 bits per heavy atom. The molecule has 0 saturated carbocycles. The fourth-order valence-corrected chi connectivity index (χ4v) is 3.21. The summed E-state index contributed by atoms with van der Waals surface area (Å²) in [5.74, 6) is 0.979. The number of hydrogen-bond acceptors (Lipinski definition) is 5. The van der Waals surface area contributed by atoms with Gasteiger partial charge in [0.2, 0.25) is 0 Å². The Balaban J connectivity index is 1.97. The van der Waals surface area contributed by atoms with Gasteiger partial charge in [0, 0.05) is 52.5 Å². The SMILES string of the molecule is COCC[C@@]1(CO)CCCN(Cc2ccc(N(C)C)nc2)C1. The number of nitrogens with zero attached hydrogens (tertiary/aromatic N) is 3. The van der Waals surface area contributed by atoms with Crippen molar-refractivity contribution in [2.45, 2.75) is 25.8 Å². The molecule has 1 aromatic rings. The normalized spacial score (nSPS) is 22.7. The van der Waals surface area contributed by atoms with Crippen LogP contribution in [0.3, 0.4) is 0 Å². The topological polar surface area (TPSA) is 48.8 Å². The van der Waals surface area contributed by atoms with E-state index in [-0.39, 0.29) is 12.0 Å². The maximum atomic E-state index is 9.85. The molecule has 2 heterocycles. The Morgan fingerprint density at radius 2 is 2.23 bits per heavy atom. The zero-order valence-corrected chi connectivity index (χ0v) is 14.1. The summed E-state index contributed by atoms with van der Waals surface area (Å²) in [5.41, 5.74) is 1.22. The van der Waals surface area contributed by atoms with E-state index in [1.54, 1.807) is 7.11 Å². The van der Waals surface area contributed by atoms with Gasteiger partial charge in [-0.1, -0.05) is 6.07 Å². The van der Waals surface area contributed by atoms with Gasteiger partial charge < -0.3 is 14.7 Å². The number of hydrogen-bond donors (Lipinski definition) is 1. The Labute approximate surface area is 133 Å². The largest absolute Gasteiger partial charge is 0.396 e. The highest BCUT2D eigenvalue weighted by Gasteiger charge is 2.34. The van der Waals surface area contributed by atoms with Crippen LogP contribution in [0, 0.1) is 5.41 Å². The molecule has 1 aliphatic rings. The monoisotopic (exact) mass is 307 g/mol. The Kier molecular flexibility index (Phi) is 6.17. The van der Waals surface area contributed by atoms with Gasteiger partial charge in [-0.25, -0.2) is 4.98 Å². The second kappa shape index (κ2) is 7.90. The number of ether oxygens (including phenoxy) is 1. The van der Waals surface area contributed by atoms with E-state index >= 15 is 0 Å². The van der Waals surface area contributed by atoms with Gasteiger partial charge in [-0.3, -0.25) is 4.90 Å². The van der Waals surface area contributed by atoms with Crippen LogP contribution in [0.1, 0.15) is 24.8 Å². The van der Waals surface area contributed by atoms with Crippen molar-refractivity contribution < 1.29 is 9.84 Å². The summed E-state index contributed by atoms with van der Waals surface area (Å²) in [4.78, 5) is 8.92. The van der Waals surface area contributed by atoms with E-state index in [0.717, 1.165) is 44.7 Å². The van der Waals surface area contributed by atoms with E-state index < -0.39 is 0 Å². The minimum absolute atomic E-state index is 0.00867. The number of anilines is 1. The van der Waals surface area contributed by atoms with Crippen LogP contribution in [0.2, 0.25) is 0 Å². The molecule has 0 spiro atoms. The number of likely N-dealkylation sites (tertiary alicyclic amines) is 1. The number of aliphatic hydroxyl groups is 1. The van der Waals surface area contributed by atoms with Crippen LogP contribution in [-0.2, 0) is 11.3 Å². The highest BCUT2D eigenvalue weighted by Crippen LogP contribution is 2.33. The summed E-state index contributed by atoms with van der Waals surface area (Å²) in [6.45, 7) is 3.88. The Hall–Kier alpha value is -1.17. The van der Waals surface area contributed by atoms with Crippen LogP contribution in [-0.4, -0.2) is 62.5 Å². The zero-order valence-electron chi connectivity index (χ0n) is 14.1. The van der Waals surface area contributed by atoms with Crippen LogP contribution in [0.15, 0.2) is 18.3 Å². The summed E-state index contributed by atoms with van der Waals surface area (Å²) in [6.07, 6.45) is 5.10. The minimum Gasteiger partial charge on any atom is -0.396 e. The lowest BCUT2D eigenvalue weighted by Gasteiger charge is -2.42. The van der Waals surface area contributed by atoms with Gasteiger partial charge >= 0.3 is 0 Å². The van der Waals surface area contributed by atoms with Gasteiger partial charge in [-0.15, -0.1) is 0 Å². The molecule has 0 aromatic carbocycles. The number of methoxy groups -OCH3 is 1. The van der Waals surface area contributed by atoms with Crippen molar-refractivity contribution in [3.8, 4) is 0 Å². The fourth-order valence-electron chi connectivity index (χ4n) is 3.21. The van der Waals surface area contributed by atoms with E-state index in [1.807, 2.05) is 25.2 Å². The van der Waals surface area contributed by atoms with Gasteiger partial charge in [-0.2, -0.15) is 0 Å². The predicted molar refractivity (Wildman–Crippen MR) is 89.1 cm³/mol. The van der Waals surface area contributed by atoms with Gasteiger partial charge in [0.15, 0.2) is 0 Å². The summed E-state index contributed by atoms with van der Waals surface area (Å²) >= 11 is 0. The van der Waals surface area contributed by atoms with Crippen molar-refractivity contribution in [3.63, 3.8) is 0 Å². The van der Waals surface area contributed by atoms with E-state index in [1.165, 1.54) is 5.56 Å². The van der Waals surface area contributed by atoms with Crippen LogP contribution in [0.5, 0.6) is 0 Å². The lowest BCUT2D eigenvalue weighted by Crippen LogP contribution is -2.45. The molecule has 0 radical (unpaired) electrons. The molecule has 22 heavy (non-hydrogen) atoms. The molecule has 1 aliphatic heterocycles. The Bertz CT molecular complexity index is 450. The predicted octanol–water partition coefficient (Wildman–Crippen LogP) is 1.76. The first-order chi connectivity index (χ1) is 10.6. The van der Waals surface area contributed by atoms with Crippen molar-refractivity contribution in [3.05, 3.63) is 23.9 Å². The molecular formula is C17H29N3O2. The Morgan fingerprint density at radius 3 is 2.82 bits per heavy atom. The lowest BCUT2D eigenvalue weighted by atomic mass is 9.78. The molecule has 1 saturated heterocycles. The number of rotatable bonds is 7. The van der Waals surface area contributed by atoms with Crippen LogP contribution in [0.25, 0.3) is 0 Å². The van der Waals surface area contributed by atoms with Gasteiger partial charge in [0.1, 0.15) is 5.82 Å². The van der Waals surface area contributed by atoms with Gasteiger partial charge in [0.05, 0.1) is 6.61 Å². The van der Waals surface area contributed by atoms with E-state index in [2.05, 4.69) is 22.0 Å². The average molecular weight is 307 g/mol. The zero-order chi connectivity index (χ0) is 16.0. The van der Waals surface area contributed by atoms with E-state index in [4.69, 9.17) is 4.74 Å². The molecule has 5 nitrogen and oxygen atoms in total. The first-order valence-electron chi connectivity index (χ1n) is 8.03. The second-order valence-electron chi connectivity index (χ2n) is 6.63. The molecule has 1 atom stereocenters. The van der Waals surface area contributed by atoms with E-state index in [0.29, 0.717) is 6.61 Å². The molecular weight excluding hydrogens is 278 g/mol. The van der Waals surface area contributed by atoms with Crippen LogP contribution < -0.4 is 4.90 Å².